The third kappa shape index (κ3) is 26.9. The number of phosphoric acid groups is 2. The van der Waals surface area contributed by atoms with Gasteiger partial charge in [-0.3, -0.25) is 37.3 Å². The highest BCUT2D eigenvalue weighted by atomic mass is 31.2. The van der Waals surface area contributed by atoms with Crippen LogP contribution in [-0.4, -0.2) is 96.7 Å². The first-order valence-corrected chi connectivity index (χ1v) is 19.2. The summed E-state index contributed by atoms with van der Waals surface area (Å²) in [5.41, 5.74) is 0. The monoisotopic (exact) mass is 736 g/mol. The number of carbonyl (C=O) groups is 4. The molecular weight excluding hydrogens is 682 g/mol. The number of rotatable bonds is 30. The fourth-order valence-electron chi connectivity index (χ4n) is 3.60. The molecule has 0 heterocycles. The topological polar surface area (TPSA) is 237 Å². The molecule has 19 heteroatoms. The number of ether oxygens (including phenoxy) is 4. The van der Waals surface area contributed by atoms with Gasteiger partial charge in [0.2, 0.25) is 0 Å². The van der Waals surface area contributed by atoms with E-state index in [1.54, 1.807) is 0 Å². The molecule has 0 aromatic carbocycles. The van der Waals surface area contributed by atoms with Gasteiger partial charge >= 0.3 is 39.5 Å². The Morgan fingerprint density at radius 3 is 1.40 bits per heavy atom. The quantitative estimate of drug-likeness (QED) is 0.0403. The summed E-state index contributed by atoms with van der Waals surface area (Å²) in [6.45, 7) is 2.92. The van der Waals surface area contributed by atoms with E-state index in [0.29, 0.717) is 19.3 Å². The maximum Gasteiger partial charge on any atom is 0.472 e. The molecule has 0 saturated heterocycles. The normalized spacial score (nSPS) is 15.7. The number of aliphatic hydroxyl groups is 1. The van der Waals surface area contributed by atoms with Crippen molar-refractivity contribution in [1.82, 2.24) is 0 Å². The highest BCUT2D eigenvalue weighted by Crippen LogP contribution is 2.45. The highest BCUT2D eigenvalue weighted by Gasteiger charge is 2.30. The Morgan fingerprint density at radius 2 is 0.938 bits per heavy atom. The molecule has 0 rings (SSSR count). The van der Waals surface area contributed by atoms with Gasteiger partial charge in [-0.1, -0.05) is 59.3 Å². The number of hydrogen-bond donors (Lipinski definition) is 3. The molecule has 282 valence electrons. The zero-order chi connectivity index (χ0) is 36.4. The molecule has 5 atom stereocenters. The maximum absolute atomic E-state index is 12.4. The molecule has 3 N–H and O–H groups in total. The SMILES string of the molecule is CCCCCCC(=O)OC[C@H](COP(=O)(O)OC[C@H](O)COP(=O)(O)OC[C@@H](COC(=O)CCCCC)OC(=O)CCCC)OC(C)=O. The van der Waals surface area contributed by atoms with Crippen LogP contribution in [0.15, 0.2) is 0 Å². The van der Waals surface area contributed by atoms with Crippen LogP contribution in [0.4, 0.5) is 0 Å². The summed E-state index contributed by atoms with van der Waals surface area (Å²) < 4.78 is 64.0. The molecule has 0 fully saturated rings. The van der Waals surface area contributed by atoms with Gasteiger partial charge in [0.1, 0.15) is 19.3 Å². The highest BCUT2D eigenvalue weighted by molar-refractivity contribution is 7.47. The van der Waals surface area contributed by atoms with Gasteiger partial charge in [-0.05, 0) is 19.3 Å². The molecule has 2 unspecified atom stereocenters. The fraction of sp³-hybridized carbons (Fsp3) is 0.862. The summed E-state index contributed by atoms with van der Waals surface area (Å²) in [6.07, 6.45) is 3.25. The summed E-state index contributed by atoms with van der Waals surface area (Å²) in [5, 5.41) is 10.1. The summed E-state index contributed by atoms with van der Waals surface area (Å²) in [5.74, 6) is -2.45. The van der Waals surface area contributed by atoms with Crippen LogP contribution in [0.3, 0.4) is 0 Å². The van der Waals surface area contributed by atoms with Crippen molar-refractivity contribution in [1.29, 1.82) is 0 Å². The largest absolute Gasteiger partial charge is 0.472 e. The molecule has 0 spiro atoms. The van der Waals surface area contributed by atoms with Crippen LogP contribution in [0.2, 0.25) is 0 Å². The molecule has 48 heavy (non-hydrogen) atoms. The van der Waals surface area contributed by atoms with E-state index in [-0.39, 0.29) is 19.3 Å². The summed E-state index contributed by atoms with van der Waals surface area (Å²) in [7, 11) is -9.72. The summed E-state index contributed by atoms with van der Waals surface area (Å²) >= 11 is 0. The lowest BCUT2D eigenvalue weighted by atomic mass is 10.2. The van der Waals surface area contributed by atoms with Gasteiger partial charge in [0.05, 0.1) is 26.4 Å². The summed E-state index contributed by atoms with van der Waals surface area (Å²) in [6, 6.07) is 0. The van der Waals surface area contributed by atoms with Crippen molar-refractivity contribution in [2.24, 2.45) is 0 Å². The Hall–Kier alpha value is -1.94. The molecule has 0 aliphatic carbocycles. The molecule has 0 aromatic heterocycles. The van der Waals surface area contributed by atoms with E-state index in [4.69, 9.17) is 32.5 Å². The molecular formula is C29H54O17P2. The van der Waals surface area contributed by atoms with Gasteiger partial charge in [0.15, 0.2) is 12.2 Å². The van der Waals surface area contributed by atoms with E-state index in [9.17, 15) is 43.2 Å². The number of esters is 4. The number of carbonyl (C=O) groups excluding carboxylic acids is 4. The van der Waals surface area contributed by atoms with Crippen LogP contribution in [0.5, 0.6) is 0 Å². The predicted octanol–water partition coefficient (Wildman–Crippen LogP) is 4.29. The van der Waals surface area contributed by atoms with Crippen molar-refractivity contribution in [3.05, 3.63) is 0 Å². The van der Waals surface area contributed by atoms with Crippen LogP contribution < -0.4 is 0 Å². The minimum atomic E-state index is -4.86. The minimum Gasteiger partial charge on any atom is -0.462 e. The van der Waals surface area contributed by atoms with Gasteiger partial charge < -0.3 is 33.8 Å². The minimum absolute atomic E-state index is 0.0758. The van der Waals surface area contributed by atoms with Gasteiger partial charge in [-0.15, -0.1) is 0 Å². The van der Waals surface area contributed by atoms with Gasteiger partial charge in [-0.25, -0.2) is 9.13 Å². The first kappa shape index (κ1) is 46.1. The summed E-state index contributed by atoms with van der Waals surface area (Å²) in [4.78, 5) is 67.3. The molecule has 0 aromatic rings. The zero-order valence-electron chi connectivity index (χ0n) is 28.4. The predicted molar refractivity (Wildman–Crippen MR) is 169 cm³/mol. The van der Waals surface area contributed by atoms with Gasteiger partial charge in [0, 0.05) is 26.2 Å². The molecule has 0 bridgehead atoms. The Morgan fingerprint density at radius 1 is 0.542 bits per heavy atom. The Kier molecular flexibility index (Phi) is 25.8. The van der Waals surface area contributed by atoms with Gasteiger partial charge in [-0.2, -0.15) is 0 Å². The van der Waals surface area contributed by atoms with E-state index in [1.165, 1.54) is 0 Å². The fourth-order valence-corrected chi connectivity index (χ4v) is 5.18. The molecule has 17 nitrogen and oxygen atoms in total. The van der Waals surface area contributed by atoms with Crippen molar-refractivity contribution in [3.8, 4) is 0 Å². The van der Waals surface area contributed by atoms with Crippen LogP contribution >= 0.6 is 15.6 Å². The van der Waals surface area contributed by atoms with E-state index in [1.807, 2.05) is 20.8 Å². The maximum atomic E-state index is 12.4. The van der Waals surface area contributed by atoms with Crippen molar-refractivity contribution >= 4 is 39.5 Å². The Balaban J connectivity index is 4.80. The second-order valence-electron chi connectivity index (χ2n) is 10.9. The number of aliphatic hydroxyl groups excluding tert-OH is 1. The molecule has 0 radical (unpaired) electrons. The number of phosphoric ester groups is 2. The van der Waals surface area contributed by atoms with Crippen molar-refractivity contribution in [2.75, 3.05) is 39.6 Å². The third-order valence-electron chi connectivity index (χ3n) is 6.15. The number of hydrogen-bond acceptors (Lipinski definition) is 15. The van der Waals surface area contributed by atoms with E-state index < -0.39 is 97.5 Å². The standard InChI is InChI=1S/C29H54O17P2/c1-5-8-11-13-16-28(33)39-19-25(45-23(4)30)21-43-47(35,36)41-17-24(31)18-42-48(37,38)44-22-26(46-29(34)14-10-7-3)20-40-27(32)15-12-9-6-2/h24-26,31H,5-22H2,1-4H3,(H,35,36)(H,37,38)/t24-,25+,26+/m0/s1. The lowest BCUT2D eigenvalue weighted by molar-refractivity contribution is -0.161. The lowest BCUT2D eigenvalue weighted by Gasteiger charge is -2.21. The molecule has 0 saturated carbocycles. The average molecular weight is 737 g/mol. The van der Waals surface area contributed by atoms with Crippen molar-refractivity contribution in [3.63, 3.8) is 0 Å². The van der Waals surface area contributed by atoms with Crippen LogP contribution in [0, 0.1) is 0 Å². The number of unbranched alkanes of at least 4 members (excludes halogenated alkanes) is 6. The Labute approximate surface area is 282 Å². The molecule has 0 aliphatic rings. The van der Waals surface area contributed by atoms with E-state index in [0.717, 1.165) is 45.4 Å². The molecule has 0 aliphatic heterocycles. The second-order valence-corrected chi connectivity index (χ2v) is 13.8. The first-order chi connectivity index (χ1) is 22.6. The average Bonchev–Trinajstić information content (AvgIpc) is 3.02. The Bertz CT molecular complexity index is 1020. The zero-order valence-corrected chi connectivity index (χ0v) is 30.2. The van der Waals surface area contributed by atoms with Crippen molar-refractivity contribution in [2.45, 2.75) is 123 Å². The second kappa shape index (κ2) is 26.9. The van der Waals surface area contributed by atoms with Crippen LogP contribution in [-0.2, 0) is 65.4 Å². The lowest BCUT2D eigenvalue weighted by Crippen LogP contribution is -2.30. The van der Waals surface area contributed by atoms with Gasteiger partial charge in [0.25, 0.3) is 0 Å². The van der Waals surface area contributed by atoms with Crippen molar-refractivity contribution < 1.29 is 80.2 Å². The van der Waals surface area contributed by atoms with Crippen LogP contribution in [0.25, 0.3) is 0 Å². The smallest absolute Gasteiger partial charge is 0.462 e. The van der Waals surface area contributed by atoms with E-state index in [2.05, 4.69) is 4.52 Å². The first-order valence-electron chi connectivity index (χ1n) is 16.2. The van der Waals surface area contributed by atoms with Crippen LogP contribution in [0.1, 0.15) is 105 Å². The third-order valence-corrected chi connectivity index (χ3v) is 8.05. The van der Waals surface area contributed by atoms with E-state index >= 15 is 0 Å². The molecule has 0 amide bonds.